The smallest absolute Gasteiger partial charge is 0.312 e. The molecule has 0 aliphatic carbocycles. The summed E-state index contributed by atoms with van der Waals surface area (Å²) in [4.78, 5) is 27.5. The van der Waals surface area contributed by atoms with E-state index in [4.69, 9.17) is 23.2 Å². The Morgan fingerprint density at radius 3 is 2.37 bits per heavy atom. The van der Waals surface area contributed by atoms with Gasteiger partial charge in [-0.05, 0) is 30.5 Å². The molecule has 0 saturated carbocycles. The number of carbonyl (C=O) groups excluding carboxylic acids is 2. The number of anilines is 1. The maximum Gasteiger partial charge on any atom is 0.332 e. The van der Waals surface area contributed by atoms with Gasteiger partial charge in [0.1, 0.15) is 6.04 Å². The van der Waals surface area contributed by atoms with Gasteiger partial charge in [-0.3, -0.25) is 4.79 Å². The maximum atomic E-state index is 12.3. The highest BCUT2D eigenvalue weighted by Crippen LogP contribution is 2.35. The van der Waals surface area contributed by atoms with Crippen LogP contribution in [0, 0.1) is 5.92 Å². The van der Waals surface area contributed by atoms with E-state index in [1.807, 2.05) is 6.92 Å². The van der Waals surface area contributed by atoms with Crippen LogP contribution in [0.2, 0.25) is 10.0 Å². The number of fused-ring (bicyclic) bond motifs is 1. The van der Waals surface area contributed by atoms with E-state index in [1.54, 1.807) is 23.1 Å². The number of imide groups is 1. The number of amides is 3. The molecule has 1 unspecified atom stereocenters. The van der Waals surface area contributed by atoms with Crippen LogP contribution in [-0.2, 0) is 4.79 Å². The first-order valence-electron chi connectivity index (χ1n) is 6.08. The second-order valence-corrected chi connectivity index (χ2v) is 5.97. The highest BCUT2D eigenvalue weighted by atomic mass is 35.5. The van der Waals surface area contributed by atoms with Crippen molar-refractivity contribution in [3.8, 4) is 0 Å². The lowest BCUT2D eigenvalue weighted by Crippen LogP contribution is -2.33. The molecule has 19 heavy (non-hydrogen) atoms. The molecule has 6 heteroatoms. The van der Waals surface area contributed by atoms with Crippen LogP contribution in [0.1, 0.15) is 13.3 Å². The molecule has 100 valence electrons. The van der Waals surface area contributed by atoms with Gasteiger partial charge >= 0.3 is 6.03 Å². The number of urea groups is 1. The Morgan fingerprint density at radius 1 is 1.16 bits per heavy atom. The summed E-state index contributed by atoms with van der Waals surface area (Å²) in [5.74, 6) is 0.177. The van der Waals surface area contributed by atoms with Gasteiger partial charge in [0.05, 0.1) is 5.69 Å². The number of rotatable bonds is 1. The lowest BCUT2D eigenvalue weighted by molar-refractivity contribution is -0.119. The molecule has 0 bridgehead atoms. The normalized spacial score (nSPS) is 26.3. The van der Waals surface area contributed by atoms with Crippen LogP contribution >= 0.6 is 23.2 Å². The number of nitrogens with zero attached hydrogens (tertiary/aromatic N) is 2. The standard InChI is InChI=1S/C13H12Cl2N2O2/c1-7-2-11-12(18)17(13(19)16(11)6-7)10-4-8(14)3-9(15)5-10/h3-5,7,11H,2,6H2,1H3/t7-,11?/m1/s1. The quantitative estimate of drug-likeness (QED) is 0.747. The first-order chi connectivity index (χ1) is 8.97. The van der Waals surface area contributed by atoms with Gasteiger partial charge in [0.25, 0.3) is 5.91 Å². The maximum absolute atomic E-state index is 12.3. The molecule has 0 N–H and O–H groups in total. The van der Waals surface area contributed by atoms with Crippen molar-refractivity contribution in [1.29, 1.82) is 0 Å². The summed E-state index contributed by atoms with van der Waals surface area (Å²) in [6, 6.07) is 4.11. The third-order valence-corrected chi connectivity index (χ3v) is 3.99. The lowest BCUT2D eigenvalue weighted by Gasteiger charge is -2.17. The molecule has 4 nitrogen and oxygen atoms in total. The highest BCUT2D eigenvalue weighted by molar-refractivity contribution is 6.35. The van der Waals surface area contributed by atoms with E-state index < -0.39 is 0 Å². The van der Waals surface area contributed by atoms with Crippen LogP contribution < -0.4 is 4.90 Å². The van der Waals surface area contributed by atoms with E-state index in [9.17, 15) is 9.59 Å². The first kappa shape index (κ1) is 12.8. The number of hydrogen-bond acceptors (Lipinski definition) is 2. The van der Waals surface area contributed by atoms with Crippen molar-refractivity contribution in [3.63, 3.8) is 0 Å². The molecule has 3 rings (SSSR count). The SMILES string of the molecule is C[C@@H]1CC2C(=O)N(c3cc(Cl)cc(Cl)c3)C(=O)N2C1. The number of benzene rings is 1. The fraction of sp³-hybridized carbons (Fsp3) is 0.385. The average Bonchev–Trinajstić information content (AvgIpc) is 2.78. The van der Waals surface area contributed by atoms with Crippen LogP contribution in [0.4, 0.5) is 10.5 Å². The molecule has 2 heterocycles. The summed E-state index contributed by atoms with van der Waals surface area (Å²) in [6.45, 7) is 2.67. The lowest BCUT2D eigenvalue weighted by atomic mass is 10.1. The van der Waals surface area contributed by atoms with Gasteiger partial charge in [-0.1, -0.05) is 30.1 Å². The van der Waals surface area contributed by atoms with Gasteiger partial charge in [0.2, 0.25) is 0 Å². The molecule has 1 aromatic rings. The molecule has 2 aliphatic heterocycles. The molecule has 2 atom stereocenters. The third kappa shape index (κ3) is 1.99. The minimum absolute atomic E-state index is 0.187. The molecule has 2 saturated heterocycles. The predicted molar refractivity (Wildman–Crippen MR) is 73.6 cm³/mol. The molecule has 0 spiro atoms. The van der Waals surface area contributed by atoms with Crippen LogP contribution in [0.25, 0.3) is 0 Å². The van der Waals surface area contributed by atoms with Gasteiger partial charge in [0, 0.05) is 16.6 Å². The Kier molecular flexibility index (Phi) is 2.95. The molecule has 2 aliphatic rings. The molecular formula is C13H12Cl2N2O2. The van der Waals surface area contributed by atoms with Gasteiger partial charge in [0.15, 0.2) is 0 Å². The molecular weight excluding hydrogens is 287 g/mol. The van der Waals surface area contributed by atoms with Crippen molar-refractivity contribution >= 4 is 40.8 Å². The van der Waals surface area contributed by atoms with E-state index in [0.717, 1.165) is 6.42 Å². The summed E-state index contributed by atoms with van der Waals surface area (Å²) in [6.07, 6.45) is 0.718. The molecule has 3 amide bonds. The van der Waals surface area contributed by atoms with Crippen LogP contribution in [0.5, 0.6) is 0 Å². The van der Waals surface area contributed by atoms with Crippen molar-refractivity contribution < 1.29 is 9.59 Å². The van der Waals surface area contributed by atoms with E-state index in [-0.39, 0.29) is 18.0 Å². The van der Waals surface area contributed by atoms with Crippen molar-refractivity contribution in [1.82, 2.24) is 4.90 Å². The minimum Gasteiger partial charge on any atom is -0.312 e. The van der Waals surface area contributed by atoms with Gasteiger partial charge in [-0.2, -0.15) is 0 Å². The van der Waals surface area contributed by atoms with Crippen LogP contribution in [0.3, 0.4) is 0 Å². The number of halogens is 2. The van der Waals surface area contributed by atoms with Crippen LogP contribution in [-0.4, -0.2) is 29.4 Å². The Hall–Kier alpha value is -1.26. The summed E-state index contributed by atoms with van der Waals surface area (Å²) >= 11 is 11.8. The average molecular weight is 299 g/mol. The van der Waals surface area contributed by atoms with E-state index in [1.165, 1.54) is 4.90 Å². The zero-order valence-corrected chi connectivity index (χ0v) is 11.8. The van der Waals surface area contributed by atoms with Crippen molar-refractivity contribution in [2.45, 2.75) is 19.4 Å². The second-order valence-electron chi connectivity index (χ2n) is 5.09. The fourth-order valence-corrected chi connectivity index (χ4v) is 3.28. The van der Waals surface area contributed by atoms with E-state index >= 15 is 0 Å². The van der Waals surface area contributed by atoms with Gasteiger partial charge in [-0.15, -0.1) is 0 Å². The zero-order valence-electron chi connectivity index (χ0n) is 10.3. The second kappa shape index (κ2) is 4.39. The Labute approximate surface area is 120 Å². The van der Waals surface area contributed by atoms with Crippen molar-refractivity contribution in [2.24, 2.45) is 5.92 Å². The molecule has 1 aromatic carbocycles. The largest absolute Gasteiger partial charge is 0.332 e. The number of carbonyl (C=O) groups is 2. The van der Waals surface area contributed by atoms with Crippen molar-refractivity contribution in [2.75, 3.05) is 11.4 Å². The van der Waals surface area contributed by atoms with Crippen molar-refractivity contribution in [3.05, 3.63) is 28.2 Å². The van der Waals surface area contributed by atoms with Gasteiger partial charge < -0.3 is 4.90 Å². The molecule has 0 aromatic heterocycles. The Bertz CT molecular complexity index is 532. The van der Waals surface area contributed by atoms with Crippen LogP contribution in [0.15, 0.2) is 18.2 Å². The topological polar surface area (TPSA) is 40.6 Å². The third-order valence-electron chi connectivity index (χ3n) is 3.56. The monoisotopic (exact) mass is 298 g/mol. The highest BCUT2D eigenvalue weighted by Gasteiger charge is 2.50. The zero-order chi connectivity index (χ0) is 13.7. The Morgan fingerprint density at radius 2 is 1.79 bits per heavy atom. The minimum atomic E-state index is -0.333. The summed E-state index contributed by atoms with van der Waals surface area (Å²) < 4.78 is 0. The van der Waals surface area contributed by atoms with E-state index in [2.05, 4.69) is 0 Å². The molecule has 2 fully saturated rings. The van der Waals surface area contributed by atoms with E-state index in [0.29, 0.717) is 28.2 Å². The summed E-state index contributed by atoms with van der Waals surface area (Å²) in [5.41, 5.74) is 0.439. The Balaban J connectivity index is 1.98. The fourth-order valence-electron chi connectivity index (χ4n) is 2.77. The first-order valence-corrected chi connectivity index (χ1v) is 6.83. The van der Waals surface area contributed by atoms with Gasteiger partial charge in [-0.25, -0.2) is 9.69 Å². The summed E-state index contributed by atoms with van der Waals surface area (Å²) in [5, 5.41) is 0.812. The predicted octanol–water partition coefficient (Wildman–Crippen LogP) is 3.17. The summed E-state index contributed by atoms with van der Waals surface area (Å²) in [7, 11) is 0. The number of hydrogen-bond donors (Lipinski definition) is 0. The molecule has 0 radical (unpaired) electrons.